The van der Waals surface area contributed by atoms with Crippen molar-refractivity contribution in [1.82, 2.24) is 4.57 Å². The van der Waals surface area contributed by atoms with Crippen molar-refractivity contribution >= 4 is 34.1 Å². The summed E-state index contributed by atoms with van der Waals surface area (Å²) in [4.78, 5) is 16.0. The zero-order valence-electron chi connectivity index (χ0n) is 19.1. The first-order valence-electron chi connectivity index (χ1n) is 11.6. The summed E-state index contributed by atoms with van der Waals surface area (Å²) >= 11 is 6.28. The number of aromatic nitrogens is 1. The third-order valence-corrected chi connectivity index (χ3v) is 6.96. The molecule has 2 aromatic carbocycles. The van der Waals surface area contributed by atoms with Crippen LogP contribution in [0.3, 0.4) is 0 Å². The maximum Gasteiger partial charge on any atom is 0.238 e. The minimum absolute atomic E-state index is 0.246. The molecule has 0 radical (unpaired) electrons. The van der Waals surface area contributed by atoms with Gasteiger partial charge in [-0.3, -0.25) is 4.79 Å². The van der Waals surface area contributed by atoms with Crippen LogP contribution in [0.25, 0.3) is 10.9 Å². The number of amides is 1. The molecule has 0 saturated carbocycles. The molecular formula is C27H33ClN2O. The van der Waals surface area contributed by atoms with Gasteiger partial charge < -0.3 is 9.47 Å². The Labute approximate surface area is 191 Å². The van der Waals surface area contributed by atoms with Gasteiger partial charge in [0.15, 0.2) is 0 Å². The van der Waals surface area contributed by atoms with E-state index in [0.717, 1.165) is 48.3 Å². The van der Waals surface area contributed by atoms with E-state index in [0.29, 0.717) is 12.5 Å². The lowest BCUT2D eigenvalue weighted by atomic mass is 9.73. The summed E-state index contributed by atoms with van der Waals surface area (Å²) in [6, 6.07) is 16.7. The number of halogens is 1. The zero-order valence-corrected chi connectivity index (χ0v) is 19.9. The molecule has 1 aliphatic rings. The monoisotopic (exact) mass is 436 g/mol. The first-order valence-corrected chi connectivity index (χ1v) is 12.0. The van der Waals surface area contributed by atoms with E-state index in [1.54, 1.807) is 0 Å². The van der Waals surface area contributed by atoms with E-state index in [4.69, 9.17) is 11.6 Å². The topological polar surface area (TPSA) is 25.2 Å². The van der Waals surface area contributed by atoms with Gasteiger partial charge in [0, 0.05) is 33.9 Å². The molecule has 1 aromatic heterocycles. The number of hydrogen-bond acceptors (Lipinski definition) is 1. The average molecular weight is 437 g/mol. The van der Waals surface area contributed by atoms with Crippen LogP contribution in [-0.4, -0.2) is 10.5 Å². The minimum atomic E-state index is -0.422. The number of anilines is 1. The zero-order chi connectivity index (χ0) is 22.2. The Hall–Kier alpha value is -2.26. The summed E-state index contributed by atoms with van der Waals surface area (Å²) in [5.41, 5.74) is 4.20. The molecule has 4 rings (SSSR count). The van der Waals surface area contributed by atoms with E-state index in [1.165, 1.54) is 16.8 Å². The molecule has 3 aromatic rings. The highest BCUT2D eigenvalue weighted by atomic mass is 35.5. The van der Waals surface area contributed by atoms with Crippen molar-refractivity contribution in [1.29, 1.82) is 0 Å². The molecule has 164 valence electrons. The van der Waals surface area contributed by atoms with Crippen molar-refractivity contribution in [3.05, 3.63) is 64.8 Å². The predicted octanol–water partition coefficient (Wildman–Crippen LogP) is 7.34. The van der Waals surface area contributed by atoms with Crippen LogP contribution < -0.4 is 4.90 Å². The molecule has 0 fully saturated rings. The van der Waals surface area contributed by atoms with Crippen molar-refractivity contribution in [2.24, 2.45) is 5.92 Å². The molecule has 2 heterocycles. The molecule has 0 spiro atoms. The normalized spacial score (nSPS) is 18.4. The van der Waals surface area contributed by atoms with E-state index in [-0.39, 0.29) is 5.91 Å². The second-order valence-corrected chi connectivity index (χ2v) is 9.72. The molecule has 1 amide bonds. The van der Waals surface area contributed by atoms with Gasteiger partial charge in [0.25, 0.3) is 0 Å². The summed E-state index contributed by atoms with van der Waals surface area (Å²) in [6.07, 6.45) is 3.94. The number of para-hydroxylation sites is 1. The van der Waals surface area contributed by atoms with Gasteiger partial charge in [-0.15, -0.1) is 0 Å². The van der Waals surface area contributed by atoms with Crippen LogP contribution >= 0.6 is 11.6 Å². The van der Waals surface area contributed by atoms with Gasteiger partial charge in [0.05, 0.1) is 12.0 Å². The molecule has 4 heteroatoms. The molecule has 1 atom stereocenters. The van der Waals surface area contributed by atoms with Crippen molar-refractivity contribution in [2.45, 2.75) is 71.9 Å². The molecule has 0 aliphatic carbocycles. The largest absolute Gasteiger partial charge is 0.343 e. The maximum absolute atomic E-state index is 13.9. The Bertz CT molecular complexity index is 1100. The van der Waals surface area contributed by atoms with Crippen LogP contribution in [0.15, 0.2) is 48.5 Å². The average Bonchev–Trinajstić information content (AvgIpc) is 3.20. The van der Waals surface area contributed by atoms with Crippen LogP contribution in [-0.2, 0) is 23.3 Å². The molecular weight excluding hydrogens is 404 g/mol. The Morgan fingerprint density at radius 1 is 1.06 bits per heavy atom. The van der Waals surface area contributed by atoms with Crippen molar-refractivity contribution in [2.75, 3.05) is 4.90 Å². The van der Waals surface area contributed by atoms with E-state index < -0.39 is 5.41 Å². The van der Waals surface area contributed by atoms with Gasteiger partial charge >= 0.3 is 0 Å². The summed E-state index contributed by atoms with van der Waals surface area (Å²) in [5.74, 6) is 0.699. The van der Waals surface area contributed by atoms with E-state index in [1.807, 2.05) is 23.1 Å². The minimum Gasteiger partial charge on any atom is -0.343 e. The Kier molecular flexibility index (Phi) is 6.16. The highest BCUT2D eigenvalue weighted by Gasteiger charge is 2.49. The molecule has 3 nitrogen and oxygen atoms in total. The second kappa shape index (κ2) is 8.70. The van der Waals surface area contributed by atoms with Crippen LogP contribution in [0.1, 0.15) is 64.6 Å². The standard InChI is InChI=1S/C27H33ClN2O/c1-5-7-14-29-22(16-20-15-21(28)12-13-24(20)29)18-30-25-11-9-8-10-23(25)27(6-2,26(30)31)17-19(3)4/h8-13,15-16,19H,5-7,14,17-18H2,1-4H3. The number of hydrogen-bond donors (Lipinski definition) is 0. The first kappa shape index (κ1) is 22.0. The molecule has 1 unspecified atom stereocenters. The number of carbonyl (C=O) groups is 1. The molecule has 0 N–H and O–H groups in total. The quantitative estimate of drug-likeness (QED) is 0.362. The van der Waals surface area contributed by atoms with Gasteiger partial charge in [-0.25, -0.2) is 0 Å². The van der Waals surface area contributed by atoms with Gasteiger partial charge in [0.1, 0.15) is 0 Å². The van der Waals surface area contributed by atoms with E-state index >= 15 is 0 Å². The number of aryl methyl sites for hydroxylation is 1. The van der Waals surface area contributed by atoms with Crippen molar-refractivity contribution < 1.29 is 4.79 Å². The molecule has 31 heavy (non-hydrogen) atoms. The summed E-state index contributed by atoms with van der Waals surface area (Å²) < 4.78 is 2.37. The number of nitrogens with zero attached hydrogens (tertiary/aromatic N) is 2. The third-order valence-electron chi connectivity index (χ3n) is 6.73. The fraction of sp³-hybridized carbons (Fsp3) is 0.444. The van der Waals surface area contributed by atoms with E-state index in [9.17, 15) is 4.79 Å². The SMILES string of the molecule is CCCCn1c(CN2C(=O)C(CC)(CC(C)C)c3ccccc32)cc2cc(Cl)ccc21. The fourth-order valence-electron chi connectivity index (χ4n) is 5.31. The lowest BCUT2D eigenvalue weighted by molar-refractivity contribution is -0.124. The van der Waals surface area contributed by atoms with Gasteiger partial charge in [-0.1, -0.05) is 63.9 Å². The summed E-state index contributed by atoms with van der Waals surface area (Å²) in [5, 5.41) is 1.89. The highest BCUT2D eigenvalue weighted by molar-refractivity contribution is 6.31. The number of rotatable bonds is 8. The van der Waals surface area contributed by atoms with Crippen LogP contribution in [0, 0.1) is 5.92 Å². The number of benzene rings is 2. The highest BCUT2D eigenvalue weighted by Crippen LogP contribution is 2.48. The fourth-order valence-corrected chi connectivity index (χ4v) is 5.49. The third kappa shape index (κ3) is 3.78. The van der Waals surface area contributed by atoms with Gasteiger partial charge in [0.2, 0.25) is 5.91 Å². The van der Waals surface area contributed by atoms with Crippen LogP contribution in [0.5, 0.6) is 0 Å². The van der Waals surface area contributed by atoms with Gasteiger partial charge in [-0.05, 0) is 61.1 Å². The Morgan fingerprint density at radius 3 is 2.55 bits per heavy atom. The summed E-state index contributed by atoms with van der Waals surface area (Å²) in [6.45, 7) is 10.3. The van der Waals surface area contributed by atoms with Crippen LogP contribution in [0.4, 0.5) is 5.69 Å². The number of fused-ring (bicyclic) bond motifs is 2. The Balaban J connectivity index is 1.79. The first-order chi connectivity index (χ1) is 14.9. The number of carbonyl (C=O) groups excluding carboxylic acids is 1. The lowest BCUT2D eigenvalue weighted by Crippen LogP contribution is -2.41. The molecule has 0 bridgehead atoms. The lowest BCUT2D eigenvalue weighted by Gasteiger charge is -2.29. The maximum atomic E-state index is 13.9. The molecule has 1 aliphatic heterocycles. The van der Waals surface area contributed by atoms with Crippen molar-refractivity contribution in [3.8, 4) is 0 Å². The van der Waals surface area contributed by atoms with Crippen molar-refractivity contribution in [3.63, 3.8) is 0 Å². The molecule has 0 saturated heterocycles. The Morgan fingerprint density at radius 2 is 1.84 bits per heavy atom. The van der Waals surface area contributed by atoms with Crippen LogP contribution in [0.2, 0.25) is 5.02 Å². The smallest absolute Gasteiger partial charge is 0.238 e. The van der Waals surface area contributed by atoms with E-state index in [2.05, 4.69) is 62.6 Å². The predicted molar refractivity (Wildman–Crippen MR) is 131 cm³/mol. The summed E-state index contributed by atoms with van der Waals surface area (Å²) in [7, 11) is 0. The second-order valence-electron chi connectivity index (χ2n) is 9.29. The van der Waals surface area contributed by atoms with Gasteiger partial charge in [-0.2, -0.15) is 0 Å². The number of unbranched alkanes of at least 4 members (excludes halogenated alkanes) is 1.